The number of carbonyl (C=O) groups is 1. The zero-order chi connectivity index (χ0) is 24.0. The Morgan fingerprint density at radius 2 is 1.91 bits per heavy atom. The van der Waals surface area contributed by atoms with Gasteiger partial charge in [0.05, 0.1) is 5.02 Å². The highest BCUT2D eigenvalue weighted by Crippen LogP contribution is 2.44. The van der Waals surface area contributed by atoms with Crippen LogP contribution in [0.4, 0.5) is 17.5 Å². The van der Waals surface area contributed by atoms with Crippen molar-refractivity contribution in [1.82, 2.24) is 20.3 Å². The van der Waals surface area contributed by atoms with Gasteiger partial charge in [0.1, 0.15) is 11.5 Å². The van der Waals surface area contributed by atoms with Gasteiger partial charge in [-0.2, -0.15) is 4.98 Å². The van der Waals surface area contributed by atoms with E-state index in [1.807, 2.05) is 30.3 Å². The Bertz CT molecular complexity index is 1350. The molecule has 3 heterocycles. The number of anilines is 3. The van der Waals surface area contributed by atoms with Crippen LogP contribution in [0.5, 0.6) is 11.5 Å². The van der Waals surface area contributed by atoms with Gasteiger partial charge in [0.2, 0.25) is 12.7 Å². The van der Waals surface area contributed by atoms with E-state index in [1.54, 1.807) is 42.9 Å². The summed E-state index contributed by atoms with van der Waals surface area (Å²) >= 11 is 6.34. The monoisotopic (exact) mass is 488 g/mol. The van der Waals surface area contributed by atoms with Crippen molar-refractivity contribution in [3.63, 3.8) is 0 Å². The average Bonchev–Trinajstić information content (AvgIpc) is 3.38. The number of amides is 1. The second-order valence-corrected chi connectivity index (χ2v) is 8.05. The number of aromatic nitrogens is 3. The molecule has 176 valence electrons. The van der Waals surface area contributed by atoms with Crippen molar-refractivity contribution >= 4 is 35.0 Å². The molecule has 0 radical (unpaired) electrons. The molecule has 0 aliphatic carbocycles. The Morgan fingerprint density at radius 1 is 1.00 bits per heavy atom. The van der Waals surface area contributed by atoms with Gasteiger partial charge in [-0.3, -0.25) is 9.78 Å². The van der Waals surface area contributed by atoms with E-state index in [0.29, 0.717) is 52.6 Å². The third kappa shape index (κ3) is 5.42. The van der Waals surface area contributed by atoms with E-state index in [0.717, 1.165) is 11.1 Å². The second kappa shape index (κ2) is 10.3. The van der Waals surface area contributed by atoms with Crippen molar-refractivity contribution in [1.29, 1.82) is 0 Å². The molecule has 0 atom stereocenters. The van der Waals surface area contributed by atoms with Crippen molar-refractivity contribution in [3.05, 3.63) is 94.9 Å². The summed E-state index contributed by atoms with van der Waals surface area (Å²) < 4.78 is 10.9. The van der Waals surface area contributed by atoms with E-state index in [2.05, 4.69) is 30.9 Å². The molecule has 0 fully saturated rings. The van der Waals surface area contributed by atoms with Crippen LogP contribution in [-0.2, 0) is 13.1 Å². The minimum atomic E-state index is -0.156. The first-order valence-electron chi connectivity index (χ1n) is 10.8. The quantitative estimate of drug-likeness (QED) is 0.331. The van der Waals surface area contributed by atoms with Crippen LogP contribution >= 0.6 is 11.6 Å². The highest BCUT2D eigenvalue weighted by molar-refractivity contribution is 6.33. The molecule has 1 aliphatic rings. The lowest BCUT2D eigenvalue weighted by molar-refractivity contribution is 0.0950. The molecule has 0 unspecified atom stereocenters. The summed E-state index contributed by atoms with van der Waals surface area (Å²) in [6, 6.07) is 16.3. The number of carbonyl (C=O) groups excluding carboxylic acids is 1. The van der Waals surface area contributed by atoms with Gasteiger partial charge in [-0.25, -0.2) is 4.98 Å². The number of benzene rings is 2. The molecule has 1 amide bonds. The van der Waals surface area contributed by atoms with E-state index in [9.17, 15) is 4.79 Å². The third-order valence-corrected chi connectivity index (χ3v) is 5.53. The first kappa shape index (κ1) is 22.4. The maximum absolute atomic E-state index is 12.6. The van der Waals surface area contributed by atoms with Gasteiger partial charge in [0.25, 0.3) is 5.91 Å². The molecule has 35 heavy (non-hydrogen) atoms. The van der Waals surface area contributed by atoms with E-state index in [-0.39, 0.29) is 12.7 Å². The Labute approximate surface area is 206 Å². The average molecular weight is 489 g/mol. The first-order chi connectivity index (χ1) is 17.2. The van der Waals surface area contributed by atoms with Gasteiger partial charge in [-0.15, -0.1) is 0 Å². The van der Waals surface area contributed by atoms with Crippen LogP contribution in [0.1, 0.15) is 21.5 Å². The number of nitrogens with one attached hydrogen (secondary N) is 3. The van der Waals surface area contributed by atoms with Gasteiger partial charge in [-0.05, 0) is 47.5 Å². The minimum Gasteiger partial charge on any atom is -0.454 e. The van der Waals surface area contributed by atoms with Crippen LogP contribution in [-0.4, -0.2) is 27.7 Å². The van der Waals surface area contributed by atoms with E-state index in [4.69, 9.17) is 21.1 Å². The fourth-order valence-corrected chi connectivity index (χ4v) is 3.69. The topological polar surface area (TPSA) is 110 Å². The van der Waals surface area contributed by atoms with Gasteiger partial charge in [0.15, 0.2) is 11.5 Å². The van der Waals surface area contributed by atoms with Crippen molar-refractivity contribution < 1.29 is 14.3 Å². The van der Waals surface area contributed by atoms with Crippen LogP contribution < -0.4 is 25.4 Å². The molecular formula is C25H21ClN6O3. The lowest BCUT2D eigenvalue weighted by atomic mass is 10.1. The molecule has 3 N–H and O–H groups in total. The Balaban J connectivity index is 1.22. The summed E-state index contributed by atoms with van der Waals surface area (Å²) in [5, 5.41) is 9.76. The number of nitrogens with zero attached hydrogens (tertiary/aromatic N) is 3. The van der Waals surface area contributed by atoms with E-state index < -0.39 is 0 Å². The summed E-state index contributed by atoms with van der Waals surface area (Å²) in [5.74, 6) is 1.97. The minimum absolute atomic E-state index is 0.140. The normalized spacial score (nSPS) is 11.7. The van der Waals surface area contributed by atoms with Crippen LogP contribution in [0, 0.1) is 0 Å². The molecule has 2 aromatic carbocycles. The van der Waals surface area contributed by atoms with Gasteiger partial charge < -0.3 is 25.4 Å². The Hall–Kier alpha value is -4.37. The molecular weight excluding hydrogens is 468 g/mol. The fourth-order valence-electron chi connectivity index (χ4n) is 3.50. The molecule has 9 nitrogen and oxygen atoms in total. The highest BCUT2D eigenvalue weighted by atomic mass is 35.5. The molecule has 0 spiro atoms. The summed E-state index contributed by atoms with van der Waals surface area (Å²) in [7, 11) is 0. The number of fused-ring (bicyclic) bond motifs is 1. The number of hydrogen-bond acceptors (Lipinski definition) is 8. The highest BCUT2D eigenvalue weighted by Gasteiger charge is 2.21. The van der Waals surface area contributed by atoms with Crippen molar-refractivity contribution in [3.8, 4) is 11.5 Å². The van der Waals surface area contributed by atoms with Gasteiger partial charge >= 0.3 is 0 Å². The molecule has 10 heteroatoms. The Kier molecular flexibility index (Phi) is 6.58. The molecule has 5 rings (SSSR count). The predicted molar refractivity (Wildman–Crippen MR) is 132 cm³/mol. The predicted octanol–water partition coefficient (Wildman–Crippen LogP) is 4.54. The SMILES string of the molecule is O=C(NCc1cccnc1)c1cccc(CNc2nccc(Nc3c(Cl)ccc4c3OCO4)n2)c1. The standard InChI is InChI=1S/C25H21ClN6O3/c26-19-6-7-20-23(35-15-34-20)22(19)31-21-8-10-28-25(32-21)30-13-16-3-1-5-18(11-16)24(33)29-14-17-4-2-9-27-12-17/h1-12H,13-15H2,(H,29,33)(H2,28,30,31,32). The number of halogens is 1. The van der Waals surface area contributed by atoms with Crippen LogP contribution in [0.15, 0.2) is 73.2 Å². The molecule has 0 bridgehead atoms. The van der Waals surface area contributed by atoms with Crippen LogP contribution in [0.3, 0.4) is 0 Å². The summed E-state index contributed by atoms with van der Waals surface area (Å²) in [6.07, 6.45) is 5.06. The largest absolute Gasteiger partial charge is 0.454 e. The number of hydrogen-bond donors (Lipinski definition) is 3. The van der Waals surface area contributed by atoms with Crippen molar-refractivity contribution in [2.24, 2.45) is 0 Å². The maximum Gasteiger partial charge on any atom is 0.251 e. The Morgan fingerprint density at radius 3 is 2.80 bits per heavy atom. The summed E-state index contributed by atoms with van der Waals surface area (Å²) in [5.41, 5.74) is 3.00. The van der Waals surface area contributed by atoms with Crippen LogP contribution in [0.2, 0.25) is 5.02 Å². The van der Waals surface area contributed by atoms with Gasteiger partial charge in [-0.1, -0.05) is 29.8 Å². The van der Waals surface area contributed by atoms with E-state index in [1.165, 1.54) is 0 Å². The number of rotatable bonds is 8. The molecule has 4 aromatic rings. The molecule has 0 saturated carbocycles. The fraction of sp³-hybridized carbons (Fsp3) is 0.120. The van der Waals surface area contributed by atoms with Crippen molar-refractivity contribution in [2.45, 2.75) is 13.1 Å². The number of ether oxygens (including phenoxy) is 2. The molecule has 0 saturated heterocycles. The smallest absolute Gasteiger partial charge is 0.251 e. The lowest BCUT2D eigenvalue weighted by Crippen LogP contribution is -2.23. The van der Waals surface area contributed by atoms with E-state index >= 15 is 0 Å². The summed E-state index contributed by atoms with van der Waals surface area (Å²) in [6.45, 7) is 0.988. The third-order valence-electron chi connectivity index (χ3n) is 5.21. The first-order valence-corrected chi connectivity index (χ1v) is 11.2. The van der Waals surface area contributed by atoms with Crippen molar-refractivity contribution in [2.75, 3.05) is 17.4 Å². The lowest BCUT2D eigenvalue weighted by Gasteiger charge is -2.12. The second-order valence-electron chi connectivity index (χ2n) is 7.64. The zero-order valence-electron chi connectivity index (χ0n) is 18.5. The molecule has 2 aromatic heterocycles. The van der Waals surface area contributed by atoms with Crippen LogP contribution in [0.25, 0.3) is 0 Å². The number of pyridine rings is 1. The summed E-state index contributed by atoms with van der Waals surface area (Å²) in [4.78, 5) is 25.4. The maximum atomic E-state index is 12.6. The van der Waals surface area contributed by atoms with Gasteiger partial charge in [0, 0.05) is 37.2 Å². The zero-order valence-corrected chi connectivity index (χ0v) is 19.2. The molecule has 1 aliphatic heterocycles.